The number of nitrogens with one attached hydrogen (secondary N) is 1. The van der Waals surface area contributed by atoms with Crippen LogP contribution in [0.4, 0.5) is 28.0 Å². The van der Waals surface area contributed by atoms with Crippen molar-refractivity contribution < 1.29 is 26.6 Å². The Hall–Kier alpha value is -2.54. The first-order valence-electron chi connectivity index (χ1n) is 8.62. The lowest BCUT2D eigenvalue weighted by molar-refractivity contribution is -0.141. The van der Waals surface area contributed by atoms with Crippen molar-refractivity contribution in [3.8, 4) is 0 Å². The molecule has 0 aromatic carbocycles. The number of aryl methyl sites for hydroxylation is 2. The Kier molecular flexibility index (Phi) is 5.38. The van der Waals surface area contributed by atoms with E-state index in [1.54, 1.807) is 6.92 Å². The van der Waals surface area contributed by atoms with Gasteiger partial charge < -0.3 is 5.32 Å². The Labute approximate surface area is 163 Å². The molecule has 0 aliphatic heterocycles. The molecule has 0 bridgehead atoms. The molecule has 2 aromatic rings. The van der Waals surface area contributed by atoms with Crippen LogP contribution in [0.2, 0.25) is 0 Å². The SMILES string of the molecule is CCn1ncc(F)c1S(N)(=O)=NC(=O)Nc1c(C)c(C(F)(F)F)nc2c1CCC2. The van der Waals surface area contributed by atoms with Gasteiger partial charge in [0.2, 0.25) is 0 Å². The zero-order chi connectivity index (χ0) is 21.6. The van der Waals surface area contributed by atoms with Crippen LogP contribution in [0.15, 0.2) is 15.6 Å². The van der Waals surface area contributed by atoms with Crippen molar-refractivity contribution in [2.24, 2.45) is 9.50 Å². The number of halogens is 4. The molecule has 29 heavy (non-hydrogen) atoms. The molecule has 3 N–H and O–H groups in total. The number of aromatic nitrogens is 3. The van der Waals surface area contributed by atoms with Gasteiger partial charge in [-0.1, -0.05) is 0 Å². The number of nitrogens with two attached hydrogens (primary N) is 1. The maximum absolute atomic E-state index is 13.9. The molecule has 2 heterocycles. The number of rotatable bonds is 3. The Morgan fingerprint density at radius 3 is 2.72 bits per heavy atom. The topological polar surface area (TPSA) is 115 Å². The summed E-state index contributed by atoms with van der Waals surface area (Å²) in [6.45, 7) is 2.89. The monoisotopic (exact) mass is 434 g/mol. The van der Waals surface area contributed by atoms with Crippen LogP contribution in [0.25, 0.3) is 0 Å². The van der Waals surface area contributed by atoms with Crippen molar-refractivity contribution in [3.63, 3.8) is 0 Å². The van der Waals surface area contributed by atoms with Crippen LogP contribution >= 0.6 is 0 Å². The molecule has 3 rings (SSSR count). The lowest BCUT2D eigenvalue weighted by Gasteiger charge is -2.17. The van der Waals surface area contributed by atoms with Gasteiger partial charge in [-0.25, -0.2) is 23.5 Å². The zero-order valence-corrected chi connectivity index (χ0v) is 16.3. The fourth-order valence-electron chi connectivity index (χ4n) is 3.29. The average molecular weight is 434 g/mol. The second-order valence-electron chi connectivity index (χ2n) is 6.44. The predicted octanol–water partition coefficient (Wildman–Crippen LogP) is 3.19. The van der Waals surface area contributed by atoms with Crippen molar-refractivity contribution in [1.29, 1.82) is 0 Å². The van der Waals surface area contributed by atoms with Crippen LogP contribution in [-0.2, 0) is 35.5 Å². The molecule has 0 spiro atoms. The van der Waals surface area contributed by atoms with Crippen molar-refractivity contribution in [2.45, 2.75) is 50.9 Å². The van der Waals surface area contributed by atoms with Crippen LogP contribution in [0.1, 0.15) is 35.9 Å². The summed E-state index contributed by atoms with van der Waals surface area (Å²) in [4.78, 5) is 16.0. The summed E-state index contributed by atoms with van der Waals surface area (Å²) in [7, 11) is -4.02. The second-order valence-corrected chi connectivity index (χ2v) is 8.15. The van der Waals surface area contributed by atoms with E-state index in [2.05, 4.69) is 19.8 Å². The average Bonchev–Trinajstić information content (AvgIpc) is 3.21. The van der Waals surface area contributed by atoms with E-state index in [0.717, 1.165) is 10.9 Å². The second kappa shape index (κ2) is 7.37. The van der Waals surface area contributed by atoms with Gasteiger partial charge in [0.1, 0.15) is 5.69 Å². The molecule has 0 radical (unpaired) electrons. The van der Waals surface area contributed by atoms with Gasteiger partial charge in [0.25, 0.3) is 0 Å². The summed E-state index contributed by atoms with van der Waals surface area (Å²) in [5, 5.41) is 10.9. The minimum atomic E-state index is -4.71. The van der Waals surface area contributed by atoms with Gasteiger partial charge in [0, 0.05) is 17.8 Å². The molecule has 1 unspecified atom stereocenters. The first kappa shape index (κ1) is 21.2. The van der Waals surface area contributed by atoms with Gasteiger partial charge in [-0.3, -0.25) is 4.68 Å². The van der Waals surface area contributed by atoms with Gasteiger partial charge >= 0.3 is 12.2 Å². The smallest absolute Gasteiger partial charge is 0.305 e. The number of urea groups is 1. The number of nitrogens with zero attached hydrogens (tertiary/aromatic N) is 4. The van der Waals surface area contributed by atoms with Crippen molar-refractivity contribution in [2.75, 3.05) is 5.32 Å². The van der Waals surface area contributed by atoms with Gasteiger partial charge in [-0.15, -0.1) is 4.36 Å². The summed E-state index contributed by atoms with van der Waals surface area (Å²) in [5.74, 6) is -1.00. The quantitative estimate of drug-likeness (QED) is 0.722. The van der Waals surface area contributed by atoms with Gasteiger partial charge in [0.05, 0.1) is 11.9 Å². The number of fused-ring (bicyclic) bond motifs is 1. The Morgan fingerprint density at radius 1 is 1.41 bits per heavy atom. The van der Waals surface area contributed by atoms with Crippen molar-refractivity contribution in [1.82, 2.24) is 14.8 Å². The Balaban J connectivity index is 2.04. The molecule has 2 amide bonds. The number of hydrogen-bond donors (Lipinski definition) is 2. The van der Waals surface area contributed by atoms with E-state index in [1.807, 2.05) is 0 Å². The molecule has 1 aliphatic rings. The van der Waals surface area contributed by atoms with Crippen LogP contribution < -0.4 is 10.5 Å². The largest absolute Gasteiger partial charge is 0.433 e. The van der Waals surface area contributed by atoms with E-state index >= 15 is 0 Å². The lowest BCUT2D eigenvalue weighted by atomic mass is 10.1. The molecular weight excluding hydrogens is 416 g/mol. The minimum absolute atomic E-state index is 0.0896. The molecule has 0 saturated carbocycles. The number of hydrogen-bond acceptors (Lipinski definition) is 4. The van der Waals surface area contributed by atoms with Crippen LogP contribution in [0.5, 0.6) is 0 Å². The fourth-order valence-corrected chi connectivity index (χ4v) is 4.48. The maximum atomic E-state index is 13.9. The molecule has 0 fully saturated rings. The first-order chi connectivity index (χ1) is 13.5. The molecule has 1 atom stereocenters. The molecule has 13 heteroatoms. The van der Waals surface area contributed by atoms with Crippen molar-refractivity contribution >= 4 is 21.6 Å². The predicted molar refractivity (Wildman–Crippen MR) is 95.9 cm³/mol. The summed E-state index contributed by atoms with van der Waals surface area (Å²) >= 11 is 0. The molecule has 2 aromatic heterocycles. The molecule has 0 saturated heterocycles. The highest BCUT2D eigenvalue weighted by Crippen LogP contribution is 2.38. The van der Waals surface area contributed by atoms with E-state index < -0.39 is 38.7 Å². The summed E-state index contributed by atoms with van der Waals surface area (Å²) in [5.41, 5.74) is -0.783. The Bertz CT molecular complexity index is 1100. The third-order valence-electron chi connectivity index (χ3n) is 4.51. The normalized spacial score (nSPS) is 15.7. The van der Waals surface area contributed by atoms with E-state index in [1.165, 1.54) is 6.92 Å². The molecule has 158 valence electrons. The Morgan fingerprint density at radius 2 is 2.10 bits per heavy atom. The zero-order valence-electron chi connectivity index (χ0n) is 15.5. The number of pyridine rings is 1. The number of amides is 2. The highest BCUT2D eigenvalue weighted by molar-refractivity contribution is 7.91. The van der Waals surface area contributed by atoms with Crippen LogP contribution in [-0.4, -0.2) is 25.0 Å². The number of carbonyl (C=O) groups is 1. The summed E-state index contributed by atoms with van der Waals surface area (Å²) in [6.07, 6.45) is -2.58. The third-order valence-corrected chi connectivity index (χ3v) is 5.91. The van der Waals surface area contributed by atoms with E-state index in [9.17, 15) is 26.6 Å². The van der Waals surface area contributed by atoms with E-state index in [0.29, 0.717) is 24.8 Å². The number of carbonyl (C=O) groups excluding carboxylic acids is 1. The van der Waals surface area contributed by atoms with Crippen LogP contribution in [0, 0.1) is 12.7 Å². The van der Waals surface area contributed by atoms with Gasteiger partial charge in [0.15, 0.2) is 20.8 Å². The van der Waals surface area contributed by atoms with E-state index in [4.69, 9.17) is 5.14 Å². The van der Waals surface area contributed by atoms with Crippen LogP contribution in [0.3, 0.4) is 0 Å². The standard InChI is InChI=1S/C16H18F4N6O2S/c1-3-26-14(10(17)7-22-26)29(21,28)25-15(27)24-12-8(2)13(16(18,19)20)23-11-6-4-5-9(11)12/h7H,3-6H2,1-2H3,(H3,21,23,24,25,27,28). The third kappa shape index (κ3) is 3.96. The van der Waals surface area contributed by atoms with Gasteiger partial charge in [-0.05, 0) is 38.7 Å². The number of alkyl halides is 3. The summed E-state index contributed by atoms with van der Waals surface area (Å²) in [6, 6.07) is -1.25. The molecule has 1 aliphatic carbocycles. The first-order valence-corrected chi connectivity index (χ1v) is 10.2. The van der Waals surface area contributed by atoms with Crippen molar-refractivity contribution in [3.05, 3.63) is 34.5 Å². The van der Waals surface area contributed by atoms with E-state index in [-0.39, 0.29) is 23.5 Å². The molecular formula is C16H18F4N6O2S. The lowest BCUT2D eigenvalue weighted by Crippen LogP contribution is -2.23. The highest BCUT2D eigenvalue weighted by atomic mass is 32.2. The van der Waals surface area contributed by atoms with Gasteiger partial charge in [-0.2, -0.15) is 18.3 Å². The minimum Gasteiger partial charge on any atom is -0.305 e. The number of anilines is 1. The summed E-state index contributed by atoms with van der Waals surface area (Å²) < 4.78 is 70.8. The molecule has 8 nitrogen and oxygen atoms in total. The fraction of sp³-hybridized carbons (Fsp3) is 0.438. The maximum Gasteiger partial charge on any atom is 0.433 e. The highest BCUT2D eigenvalue weighted by Gasteiger charge is 2.38.